The van der Waals surface area contributed by atoms with Gasteiger partial charge in [-0.15, -0.1) is 0 Å². The average molecular weight is 397 g/mol. The number of rotatable bonds is 5. The van der Waals surface area contributed by atoms with Crippen LogP contribution in [0.1, 0.15) is 25.7 Å². The molecule has 1 aromatic heterocycles. The fourth-order valence-electron chi connectivity index (χ4n) is 3.44. The summed E-state index contributed by atoms with van der Waals surface area (Å²) in [6.45, 7) is -0.375. The van der Waals surface area contributed by atoms with E-state index >= 15 is 0 Å². The molecule has 1 aliphatic carbocycles. The predicted molar refractivity (Wildman–Crippen MR) is 94.6 cm³/mol. The molecular formula is C17H23N3O8. The molecule has 3 rings (SSSR count). The van der Waals surface area contributed by atoms with Crippen LogP contribution in [0.25, 0.3) is 0 Å². The third-order valence-electron chi connectivity index (χ3n) is 5.11. The van der Waals surface area contributed by atoms with Crippen LogP contribution >= 0.6 is 0 Å². The smallest absolute Gasteiger partial charge is 0.328 e. The van der Waals surface area contributed by atoms with E-state index in [0.29, 0.717) is 6.42 Å². The Balaban J connectivity index is 0.000000878. The third-order valence-corrected chi connectivity index (χ3v) is 5.11. The van der Waals surface area contributed by atoms with E-state index in [1.807, 2.05) is 0 Å². The molecule has 11 heteroatoms. The number of carboxylic acid groups (broad SMARTS) is 2. The Labute approximate surface area is 159 Å². The van der Waals surface area contributed by atoms with Crippen molar-refractivity contribution in [2.24, 2.45) is 11.3 Å². The number of aromatic nitrogens is 2. The summed E-state index contributed by atoms with van der Waals surface area (Å²) in [4.78, 5) is 59.0. The minimum atomic E-state index is -1.36. The topological polar surface area (TPSA) is 170 Å². The molecule has 2 fully saturated rings. The lowest BCUT2D eigenvalue weighted by atomic mass is 9.73. The van der Waals surface area contributed by atoms with Crippen LogP contribution in [-0.4, -0.2) is 67.3 Å². The van der Waals surface area contributed by atoms with E-state index in [1.165, 1.54) is 11.1 Å². The van der Waals surface area contributed by atoms with Crippen LogP contribution in [0.5, 0.6) is 0 Å². The number of carbonyl (C=O) groups excluding carboxylic acids is 1. The molecule has 154 valence electrons. The van der Waals surface area contributed by atoms with Crippen molar-refractivity contribution >= 4 is 18.3 Å². The second-order valence-electron chi connectivity index (χ2n) is 7.07. The standard InChI is InChI=1S/C16H21N3O6.CH2O2/c20-11-3-5-19(9-16(11,14(23)24)7-10-1-2-10)13(22)8-18-6-4-12(21)17-15(18)25;2-1-3/h4,6,10-11,20H,1-3,5,7-9H2,(H,23,24)(H,17,21,25);1H,(H,2,3)/t11-,16-;/m1./s1. The highest BCUT2D eigenvalue weighted by Gasteiger charge is 2.52. The Bertz CT molecular complexity index is 843. The number of aromatic amines is 1. The molecule has 1 saturated heterocycles. The first-order valence-electron chi connectivity index (χ1n) is 8.80. The number of aliphatic hydroxyl groups excluding tert-OH is 1. The highest BCUT2D eigenvalue weighted by molar-refractivity contribution is 5.80. The molecule has 0 aromatic carbocycles. The number of H-pyrrole nitrogens is 1. The number of carbonyl (C=O) groups is 3. The molecule has 1 amide bonds. The van der Waals surface area contributed by atoms with Gasteiger partial charge >= 0.3 is 11.7 Å². The number of nitrogens with zero attached hydrogens (tertiary/aromatic N) is 2. The first-order chi connectivity index (χ1) is 13.2. The zero-order valence-electron chi connectivity index (χ0n) is 15.1. The van der Waals surface area contributed by atoms with E-state index < -0.39 is 34.6 Å². The molecule has 0 spiro atoms. The Hall–Kier alpha value is -2.95. The van der Waals surface area contributed by atoms with Gasteiger partial charge in [-0.2, -0.15) is 0 Å². The van der Waals surface area contributed by atoms with Gasteiger partial charge in [0.2, 0.25) is 5.91 Å². The highest BCUT2D eigenvalue weighted by atomic mass is 16.4. The van der Waals surface area contributed by atoms with Crippen LogP contribution in [0, 0.1) is 11.3 Å². The van der Waals surface area contributed by atoms with Gasteiger partial charge in [0.1, 0.15) is 12.0 Å². The summed E-state index contributed by atoms with van der Waals surface area (Å²) in [6, 6.07) is 1.14. The zero-order chi connectivity index (χ0) is 20.9. The summed E-state index contributed by atoms with van der Waals surface area (Å²) in [5.74, 6) is -1.23. The molecule has 0 bridgehead atoms. The quantitative estimate of drug-likeness (QED) is 0.444. The van der Waals surface area contributed by atoms with Crippen LogP contribution in [0.4, 0.5) is 0 Å². The first-order valence-corrected chi connectivity index (χ1v) is 8.80. The average Bonchev–Trinajstić information content (AvgIpc) is 3.43. The summed E-state index contributed by atoms with van der Waals surface area (Å²) >= 11 is 0. The number of nitrogens with one attached hydrogen (secondary N) is 1. The number of hydrogen-bond donors (Lipinski definition) is 4. The lowest BCUT2D eigenvalue weighted by Crippen LogP contribution is -2.58. The Kier molecular flexibility index (Phi) is 6.73. The normalized spacial score (nSPS) is 24.0. The van der Waals surface area contributed by atoms with Gasteiger partial charge in [0.05, 0.1) is 6.10 Å². The van der Waals surface area contributed by atoms with Crippen molar-refractivity contribution in [2.75, 3.05) is 13.1 Å². The minimum Gasteiger partial charge on any atom is -0.483 e. The van der Waals surface area contributed by atoms with E-state index in [1.54, 1.807) is 0 Å². The van der Waals surface area contributed by atoms with Gasteiger partial charge in [-0.3, -0.25) is 28.7 Å². The van der Waals surface area contributed by atoms with E-state index in [2.05, 4.69) is 4.98 Å². The van der Waals surface area contributed by atoms with Crippen LogP contribution < -0.4 is 11.2 Å². The van der Waals surface area contributed by atoms with Gasteiger partial charge in [-0.05, 0) is 18.8 Å². The molecule has 2 heterocycles. The molecule has 28 heavy (non-hydrogen) atoms. The summed E-state index contributed by atoms with van der Waals surface area (Å²) in [5, 5.41) is 26.9. The maximum atomic E-state index is 12.5. The number of aliphatic hydroxyl groups is 1. The molecule has 11 nitrogen and oxygen atoms in total. The van der Waals surface area contributed by atoms with E-state index in [-0.39, 0.29) is 38.4 Å². The maximum absolute atomic E-state index is 12.5. The Morgan fingerprint density at radius 2 is 1.93 bits per heavy atom. The van der Waals surface area contributed by atoms with Gasteiger partial charge in [0, 0.05) is 25.4 Å². The summed E-state index contributed by atoms with van der Waals surface area (Å²) in [6.07, 6.45) is 2.67. The van der Waals surface area contributed by atoms with E-state index in [0.717, 1.165) is 23.5 Å². The van der Waals surface area contributed by atoms with Crippen molar-refractivity contribution in [2.45, 2.75) is 38.3 Å². The number of aliphatic carboxylic acids is 1. The maximum Gasteiger partial charge on any atom is 0.328 e. The highest BCUT2D eigenvalue weighted by Crippen LogP contribution is 2.45. The van der Waals surface area contributed by atoms with Gasteiger partial charge in [-0.25, -0.2) is 4.79 Å². The number of carboxylic acids is 1. The van der Waals surface area contributed by atoms with Crippen molar-refractivity contribution in [1.29, 1.82) is 0 Å². The zero-order valence-corrected chi connectivity index (χ0v) is 15.1. The lowest BCUT2D eigenvalue weighted by Gasteiger charge is -2.43. The van der Waals surface area contributed by atoms with Gasteiger partial charge in [0.15, 0.2) is 0 Å². The van der Waals surface area contributed by atoms with Crippen LogP contribution in [0.2, 0.25) is 0 Å². The lowest BCUT2D eigenvalue weighted by molar-refractivity contribution is -0.167. The molecule has 0 unspecified atom stereocenters. The van der Waals surface area contributed by atoms with Crippen molar-refractivity contribution < 1.29 is 29.7 Å². The van der Waals surface area contributed by atoms with Gasteiger partial charge in [0.25, 0.3) is 12.0 Å². The minimum absolute atomic E-state index is 0.0725. The monoisotopic (exact) mass is 397 g/mol. The fraction of sp³-hybridized carbons (Fsp3) is 0.588. The van der Waals surface area contributed by atoms with Crippen molar-refractivity contribution in [3.05, 3.63) is 33.1 Å². The molecule has 2 aliphatic rings. The predicted octanol–water partition coefficient (Wildman–Crippen LogP) is -1.30. The largest absolute Gasteiger partial charge is 0.483 e. The number of likely N-dealkylation sites (tertiary alicyclic amines) is 1. The molecule has 4 N–H and O–H groups in total. The summed E-state index contributed by atoms with van der Waals surface area (Å²) in [5.41, 5.74) is -2.60. The van der Waals surface area contributed by atoms with E-state index in [4.69, 9.17) is 9.90 Å². The molecule has 1 saturated carbocycles. The fourth-order valence-corrected chi connectivity index (χ4v) is 3.44. The molecule has 1 aromatic rings. The molecule has 2 atom stereocenters. The second-order valence-corrected chi connectivity index (χ2v) is 7.07. The number of piperidine rings is 1. The van der Waals surface area contributed by atoms with Crippen molar-refractivity contribution in [3.63, 3.8) is 0 Å². The van der Waals surface area contributed by atoms with Crippen LogP contribution in [0.15, 0.2) is 21.9 Å². The summed E-state index contributed by atoms with van der Waals surface area (Å²) in [7, 11) is 0. The molecule has 1 aliphatic heterocycles. The summed E-state index contributed by atoms with van der Waals surface area (Å²) < 4.78 is 1.07. The number of amides is 1. The van der Waals surface area contributed by atoms with Crippen molar-refractivity contribution in [3.8, 4) is 0 Å². The van der Waals surface area contributed by atoms with Gasteiger partial charge in [-0.1, -0.05) is 12.8 Å². The Morgan fingerprint density at radius 3 is 2.46 bits per heavy atom. The molecule has 0 radical (unpaired) electrons. The third kappa shape index (κ3) is 4.85. The Morgan fingerprint density at radius 1 is 1.29 bits per heavy atom. The van der Waals surface area contributed by atoms with E-state index in [9.17, 15) is 29.4 Å². The number of hydrogen-bond acceptors (Lipinski definition) is 6. The van der Waals surface area contributed by atoms with Crippen LogP contribution in [0.3, 0.4) is 0 Å². The van der Waals surface area contributed by atoms with Crippen molar-refractivity contribution in [1.82, 2.24) is 14.5 Å². The van der Waals surface area contributed by atoms with Gasteiger partial charge < -0.3 is 20.2 Å². The van der Waals surface area contributed by atoms with Crippen LogP contribution in [-0.2, 0) is 20.9 Å². The molecular weight excluding hydrogens is 374 g/mol. The SMILES string of the molecule is O=C(Cn1ccc(=O)[nH]c1=O)N1CC[C@@H](O)[C@](CC2CC2)(C(=O)O)C1.O=CO. The first kappa shape index (κ1) is 21.4. The second kappa shape index (κ2) is 8.83.